The van der Waals surface area contributed by atoms with Gasteiger partial charge in [-0.1, -0.05) is 278 Å². The minimum atomic E-state index is 0.646. The van der Waals surface area contributed by atoms with Crippen molar-refractivity contribution in [2.24, 2.45) is 0 Å². The van der Waals surface area contributed by atoms with Crippen molar-refractivity contribution in [1.82, 2.24) is 0 Å². The van der Waals surface area contributed by atoms with Crippen LogP contribution >= 0.6 is 23.2 Å². The summed E-state index contributed by atoms with van der Waals surface area (Å²) in [5.41, 5.74) is 32.1. The van der Waals surface area contributed by atoms with E-state index in [9.17, 15) is 0 Å². The predicted molar refractivity (Wildman–Crippen MR) is 545 cm³/mol. The number of benzene rings is 20. The molecule has 26 rings (SSSR count). The summed E-state index contributed by atoms with van der Waals surface area (Å²) in [5, 5.41) is 16.8. The maximum atomic E-state index is 6.87. The zero-order chi connectivity index (χ0) is 87.0. The SMILES string of the molecule is Clc1ccc2c(c1)oc1cc3c(cc12)oc1ccc2oc4cc(Cl)ccc4c2c13.c1ccc(-c2ccc(N(c3ccc(-c4ccccc4)cc3)c3ccc4c(c3)oc3cc5c(cc34)oc3ccc4oc6cc(N(c7ccc(-c8ccccc8)cc7)c7ccc(-c8ccccc8)cc7)ccc6c4c35)cc2)cc1.c1ccc(-c2ccc(Nc3ccc(-c4ccccc4)cc3)cc2)cc1. The van der Waals surface area contributed by atoms with Crippen molar-refractivity contribution >= 4 is 200 Å². The van der Waals surface area contributed by atoms with Gasteiger partial charge in [-0.25, -0.2) is 0 Å². The standard InChI is InChI=1S/C72H46N2O3.C24H10Cl2O3.C24H19N/c1-5-13-47(14-6-1)51-21-29-55(30-22-51)73(56-31-23-52(24-32-56)48-15-7-2-8-16-48)59-37-39-61-63-45-70-64(46-69(63)77-67(61)43-59)72-66(76-70)42-41-65-71(72)62-40-38-60(44-68(62)75-65)74(57-33-25-53(26-34-57)49-17-9-3-10-18-49)58-35-27-54(28-36-58)50-19-11-4-12-20-50;25-11-1-3-13-15-9-22-16(10-21(15)29-19(13)7-11)24-18(28-22)6-5-17-23(24)14-4-2-12(26)8-20(14)27-17;1-3-7-19(8-4-1)21-11-15-23(16-12-21)25-24-17-13-22(14-18-24)20-9-5-2-6-10-20/h1-46H;1-10H;1-18,25H. The lowest BCUT2D eigenvalue weighted by molar-refractivity contribution is 0.661. The van der Waals surface area contributed by atoms with Crippen molar-refractivity contribution in [3.63, 3.8) is 0 Å². The van der Waals surface area contributed by atoms with Crippen LogP contribution in [0.5, 0.6) is 0 Å². The third kappa shape index (κ3) is 14.6. The molecule has 26 aromatic rings. The summed E-state index contributed by atoms with van der Waals surface area (Å²) < 4.78 is 38.7. The van der Waals surface area contributed by atoms with Gasteiger partial charge in [-0.05, 0) is 237 Å². The van der Waals surface area contributed by atoms with Crippen LogP contribution < -0.4 is 15.1 Å². The molecule has 0 saturated carbocycles. The molecule has 131 heavy (non-hydrogen) atoms. The Bertz CT molecular complexity index is 8520. The summed E-state index contributed by atoms with van der Waals surface area (Å²) in [4.78, 5) is 4.59. The van der Waals surface area contributed by atoms with Crippen molar-refractivity contribution < 1.29 is 26.5 Å². The van der Waals surface area contributed by atoms with Crippen molar-refractivity contribution in [3.05, 3.63) is 459 Å². The summed E-state index contributed by atoms with van der Waals surface area (Å²) in [5.74, 6) is 0. The Kier molecular flexibility index (Phi) is 19.5. The minimum absolute atomic E-state index is 0.646. The second kappa shape index (κ2) is 32.9. The number of hydrogen-bond donors (Lipinski definition) is 1. The lowest BCUT2D eigenvalue weighted by atomic mass is 10.0. The van der Waals surface area contributed by atoms with E-state index in [1.54, 1.807) is 0 Å². The molecule has 0 amide bonds. The van der Waals surface area contributed by atoms with Crippen LogP contribution in [0.2, 0.25) is 10.0 Å². The minimum Gasteiger partial charge on any atom is -0.456 e. The summed E-state index contributed by atoms with van der Waals surface area (Å²) in [6.45, 7) is 0. The van der Waals surface area contributed by atoms with Crippen LogP contribution in [0.15, 0.2) is 475 Å². The molecule has 0 unspecified atom stereocenters. The first kappa shape index (κ1) is 77.7. The van der Waals surface area contributed by atoms with E-state index in [0.29, 0.717) is 10.0 Å². The molecule has 9 nitrogen and oxygen atoms in total. The van der Waals surface area contributed by atoms with E-state index < -0.39 is 0 Å². The first-order chi connectivity index (χ1) is 64.7. The molecule has 6 aromatic heterocycles. The quantitative estimate of drug-likeness (QED) is 0.114. The van der Waals surface area contributed by atoms with Gasteiger partial charge in [0.05, 0.1) is 0 Å². The molecule has 11 heteroatoms. The van der Waals surface area contributed by atoms with Crippen molar-refractivity contribution in [1.29, 1.82) is 0 Å². The van der Waals surface area contributed by atoms with Crippen LogP contribution in [0.1, 0.15) is 0 Å². The summed E-state index contributed by atoms with van der Waals surface area (Å²) >= 11 is 12.3. The summed E-state index contributed by atoms with van der Waals surface area (Å²) in [6, 6.07) is 156. The van der Waals surface area contributed by atoms with Crippen molar-refractivity contribution in [3.8, 4) is 66.8 Å². The average molecular weight is 1730 g/mol. The highest BCUT2D eigenvalue weighted by Crippen LogP contribution is 2.49. The zero-order valence-corrected chi connectivity index (χ0v) is 71.8. The van der Waals surface area contributed by atoms with E-state index in [0.717, 1.165) is 199 Å². The van der Waals surface area contributed by atoms with Gasteiger partial charge in [-0.3, -0.25) is 0 Å². The third-order valence-electron chi connectivity index (χ3n) is 24.9. The fourth-order valence-electron chi connectivity index (χ4n) is 18.6. The summed E-state index contributed by atoms with van der Waals surface area (Å²) in [7, 11) is 0. The number of fused-ring (bicyclic) bond motifs is 20. The van der Waals surface area contributed by atoms with Crippen LogP contribution in [-0.2, 0) is 0 Å². The molecule has 0 spiro atoms. The molecule has 620 valence electrons. The molecule has 0 bridgehead atoms. The largest absolute Gasteiger partial charge is 0.456 e. The van der Waals surface area contributed by atoms with Gasteiger partial charge in [-0.15, -0.1) is 0 Å². The molecule has 0 fully saturated rings. The number of halogens is 2. The topological polar surface area (TPSA) is 97.3 Å². The van der Waals surface area contributed by atoms with E-state index in [1.807, 2.05) is 84.9 Å². The van der Waals surface area contributed by atoms with Gasteiger partial charge in [0.15, 0.2) is 0 Å². The number of nitrogens with one attached hydrogen (secondary N) is 1. The average Bonchev–Trinajstić information content (AvgIpc) is 1.56. The molecule has 0 radical (unpaired) electrons. The van der Waals surface area contributed by atoms with Crippen LogP contribution in [0.25, 0.3) is 198 Å². The molecule has 6 heterocycles. The van der Waals surface area contributed by atoms with Gasteiger partial charge in [0.25, 0.3) is 0 Å². The number of furan rings is 6. The highest BCUT2D eigenvalue weighted by Gasteiger charge is 2.25. The number of hydrogen-bond acceptors (Lipinski definition) is 9. The van der Waals surface area contributed by atoms with Crippen LogP contribution in [0.4, 0.5) is 45.5 Å². The molecule has 20 aromatic carbocycles. The molecular weight excluding hydrogens is 1650 g/mol. The molecule has 0 saturated heterocycles. The Balaban J connectivity index is 0.000000141. The van der Waals surface area contributed by atoms with E-state index in [1.165, 1.54) is 44.5 Å². The molecule has 0 aliphatic heterocycles. The Hall–Kier alpha value is -16.8. The van der Waals surface area contributed by atoms with Gasteiger partial charge in [-0.2, -0.15) is 0 Å². The van der Waals surface area contributed by atoms with E-state index >= 15 is 0 Å². The fourth-order valence-corrected chi connectivity index (χ4v) is 18.9. The van der Waals surface area contributed by atoms with Crippen molar-refractivity contribution in [2.45, 2.75) is 0 Å². The Morgan fingerprint density at radius 3 is 0.672 bits per heavy atom. The molecule has 0 aliphatic carbocycles. The number of nitrogens with zero attached hydrogens (tertiary/aromatic N) is 2. The second-order valence-corrected chi connectivity index (χ2v) is 33.8. The molecular formula is C120H75Cl2N3O6. The number of rotatable bonds is 14. The normalized spacial score (nSPS) is 11.6. The van der Waals surface area contributed by atoms with Crippen LogP contribution in [-0.4, -0.2) is 0 Å². The summed E-state index contributed by atoms with van der Waals surface area (Å²) in [6.07, 6.45) is 0. The Labute approximate surface area is 762 Å². The Morgan fingerprint density at radius 1 is 0.153 bits per heavy atom. The van der Waals surface area contributed by atoms with Gasteiger partial charge >= 0.3 is 0 Å². The molecule has 0 atom stereocenters. The Morgan fingerprint density at radius 2 is 0.359 bits per heavy atom. The maximum absolute atomic E-state index is 6.87. The molecule has 0 aliphatic rings. The lowest BCUT2D eigenvalue weighted by Gasteiger charge is -2.26. The van der Waals surface area contributed by atoms with Gasteiger partial charge in [0.2, 0.25) is 0 Å². The fraction of sp³-hybridized carbons (Fsp3) is 0. The van der Waals surface area contributed by atoms with Gasteiger partial charge in [0.1, 0.15) is 67.0 Å². The predicted octanol–water partition coefficient (Wildman–Crippen LogP) is 36.4. The first-order valence-electron chi connectivity index (χ1n) is 43.6. The van der Waals surface area contributed by atoms with Crippen LogP contribution in [0.3, 0.4) is 0 Å². The van der Waals surface area contributed by atoms with E-state index in [4.69, 9.17) is 49.7 Å². The highest BCUT2D eigenvalue weighted by molar-refractivity contribution is 6.34. The first-order valence-corrected chi connectivity index (χ1v) is 44.4. The van der Waals surface area contributed by atoms with Crippen LogP contribution in [0, 0.1) is 0 Å². The third-order valence-corrected chi connectivity index (χ3v) is 25.4. The maximum Gasteiger partial charge on any atom is 0.137 e. The van der Waals surface area contributed by atoms with Crippen molar-refractivity contribution in [2.75, 3.05) is 15.1 Å². The van der Waals surface area contributed by atoms with Gasteiger partial charge in [0, 0.05) is 144 Å². The zero-order valence-electron chi connectivity index (χ0n) is 70.3. The molecule has 1 N–H and O–H groups in total. The second-order valence-electron chi connectivity index (χ2n) is 32.9. The number of anilines is 8. The highest BCUT2D eigenvalue weighted by atomic mass is 35.5. The lowest BCUT2D eigenvalue weighted by Crippen LogP contribution is -2.09. The monoisotopic (exact) mass is 1720 g/mol. The smallest absolute Gasteiger partial charge is 0.137 e. The van der Waals surface area contributed by atoms with E-state index in [2.05, 4.69) is 379 Å². The van der Waals surface area contributed by atoms with Gasteiger partial charge < -0.3 is 41.6 Å². The van der Waals surface area contributed by atoms with E-state index in [-0.39, 0.29) is 0 Å².